The number of halogens is 3. The van der Waals surface area contributed by atoms with Crippen LogP contribution in [0.4, 0.5) is 0 Å². The fourth-order valence-electron chi connectivity index (χ4n) is 1.79. The van der Waals surface area contributed by atoms with Crippen molar-refractivity contribution in [2.24, 2.45) is 11.7 Å². The summed E-state index contributed by atoms with van der Waals surface area (Å²) in [4.78, 5) is 0.186. The largest absolute Gasteiger partial charge is 0.329 e. The van der Waals surface area contributed by atoms with Crippen molar-refractivity contribution in [3.05, 3.63) is 27.7 Å². The summed E-state index contributed by atoms with van der Waals surface area (Å²) in [5, 5.41) is 0.485. The summed E-state index contributed by atoms with van der Waals surface area (Å²) >= 11 is 9.01. The summed E-state index contributed by atoms with van der Waals surface area (Å²) in [6.45, 7) is 0.315. The molecule has 0 aliphatic heterocycles. The molecule has 2 rings (SSSR count). The Morgan fingerprint density at radius 1 is 1.47 bits per heavy atom. The van der Waals surface area contributed by atoms with E-state index in [9.17, 15) is 8.42 Å². The molecule has 1 saturated carbocycles. The lowest BCUT2D eigenvalue weighted by Crippen LogP contribution is -2.41. The Labute approximate surface area is 132 Å². The summed E-state index contributed by atoms with van der Waals surface area (Å²) < 4.78 is 27.6. The van der Waals surface area contributed by atoms with Crippen LogP contribution in [-0.4, -0.2) is 21.0 Å². The zero-order valence-corrected chi connectivity index (χ0v) is 13.9. The number of benzene rings is 1. The second-order valence-electron chi connectivity index (χ2n) is 4.38. The van der Waals surface area contributed by atoms with Crippen LogP contribution in [-0.2, 0) is 10.0 Å². The van der Waals surface area contributed by atoms with Crippen LogP contribution in [0.1, 0.15) is 12.8 Å². The van der Waals surface area contributed by atoms with E-state index in [1.807, 2.05) is 0 Å². The van der Waals surface area contributed by atoms with Crippen LogP contribution in [0.2, 0.25) is 5.02 Å². The van der Waals surface area contributed by atoms with Crippen molar-refractivity contribution in [1.82, 2.24) is 4.72 Å². The first kappa shape index (κ1) is 17.2. The monoisotopic (exact) mass is 388 g/mol. The highest BCUT2D eigenvalue weighted by molar-refractivity contribution is 9.10. The Morgan fingerprint density at radius 2 is 2.11 bits per heavy atom. The van der Waals surface area contributed by atoms with Crippen LogP contribution >= 0.6 is 39.9 Å². The third-order valence-electron chi connectivity index (χ3n) is 2.93. The van der Waals surface area contributed by atoms with Crippen LogP contribution < -0.4 is 10.5 Å². The minimum absolute atomic E-state index is 0. The molecular formula is C11H15BrCl2N2O2S. The van der Waals surface area contributed by atoms with Crippen LogP contribution in [0.25, 0.3) is 0 Å². The molecule has 4 nitrogen and oxygen atoms in total. The molecule has 1 fully saturated rings. The van der Waals surface area contributed by atoms with E-state index in [1.54, 1.807) is 12.1 Å². The van der Waals surface area contributed by atoms with Gasteiger partial charge in [0.05, 0.1) is 4.90 Å². The molecule has 1 aliphatic carbocycles. The van der Waals surface area contributed by atoms with E-state index in [-0.39, 0.29) is 23.3 Å². The maximum atomic E-state index is 12.2. The molecule has 0 spiro atoms. The topological polar surface area (TPSA) is 72.2 Å². The van der Waals surface area contributed by atoms with Gasteiger partial charge in [-0.15, -0.1) is 12.4 Å². The van der Waals surface area contributed by atoms with Crippen molar-refractivity contribution in [1.29, 1.82) is 0 Å². The van der Waals surface area contributed by atoms with Crippen molar-refractivity contribution in [2.75, 3.05) is 6.54 Å². The van der Waals surface area contributed by atoms with E-state index in [4.69, 9.17) is 17.3 Å². The standard InChI is InChI=1S/C11H14BrClN2O2S.ClH/c12-9-5-8(13)3-4-11(9)18(16,17)15-10(6-14)7-1-2-7;/h3-5,7,10,15H,1-2,6,14H2;1H. The lowest BCUT2D eigenvalue weighted by atomic mass is 10.2. The van der Waals surface area contributed by atoms with Gasteiger partial charge in [-0.3, -0.25) is 0 Å². The normalized spacial score (nSPS) is 16.8. The summed E-state index contributed by atoms with van der Waals surface area (Å²) in [5.41, 5.74) is 5.60. The van der Waals surface area contributed by atoms with Crippen molar-refractivity contribution in [3.63, 3.8) is 0 Å². The highest BCUT2D eigenvalue weighted by Gasteiger charge is 2.33. The number of nitrogens with two attached hydrogens (primary N) is 1. The van der Waals surface area contributed by atoms with Gasteiger partial charge < -0.3 is 5.73 Å². The van der Waals surface area contributed by atoms with Crippen molar-refractivity contribution < 1.29 is 8.42 Å². The Morgan fingerprint density at radius 3 is 2.58 bits per heavy atom. The second-order valence-corrected chi connectivity index (χ2v) is 7.35. The zero-order valence-electron chi connectivity index (χ0n) is 9.97. The second kappa shape index (κ2) is 6.74. The fourth-order valence-corrected chi connectivity index (χ4v) is 4.49. The number of rotatable bonds is 5. The molecule has 8 heteroatoms. The molecule has 0 amide bonds. The Balaban J connectivity index is 0.00000180. The molecule has 108 valence electrons. The molecule has 1 aromatic rings. The summed E-state index contributed by atoms with van der Waals surface area (Å²) in [5.74, 6) is 0.371. The van der Waals surface area contributed by atoms with Crippen LogP contribution in [0.5, 0.6) is 0 Å². The van der Waals surface area contributed by atoms with Gasteiger partial charge in [0.1, 0.15) is 0 Å². The maximum Gasteiger partial charge on any atom is 0.241 e. The molecule has 1 aromatic carbocycles. The molecule has 0 heterocycles. The van der Waals surface area contributed by atoms with Gasteiger partial charge in [-0.1, -0.05) is 11.6 Å². The van der Waals surface area contributed by atoms with Crippen molar-refractivity contribution >= 4 is 50.0 Å². The highest BCUT2D eigenvalue weighted by atomic mass is 79.9. The van der Waals surface area contributed by atoms with Crippen molar-refractivity contribution in [3.8, 4) is 0 Å². The molecule has 1 atom stereocenters. The molecule has 0 bridgehead atoms. The van der Waals surface area contributed by atoms with Crippen molar-refractivity contribution in [2.45, 2.75) is 23.8 Å². The minimum Gasteiger partial charge on any atom is -0.329 e. The maximum absolute atomic E-state index is 12.2. The number of nitrogens with one attached hydrogen (secondary N) is 1. The highest BCUT2D eigenvalue weighted by Crippen LogP contribution is 2.33. The van der Waals surface area contributed by atoms with Gasteiger partial charge >= 0.3 is 0 Å². The lowest BCUT2D eigenvalue weighted by molar-refractivity contribution is 0.519. The van der Waals surface area contributed by atoms with E-state index in [2.05, 4.69) is 20.7 Å². The summed E-state index contributed by atoms with van der Waals surface area (Å²) in [6, 6.07) is 4.41. The Bertz CT molecular complexity index is 550. The van der Waals surface area contributed by atoms with E-state index in [0.29, 0.717) is 22.0 Å². The predicted molar refractivity (Wildman–Crippen MR) is 82.3 cm³/mol. The molecule has 0 saturated heterocycles. The summed E-state index contributed by atoms with van der Waals surface area (Å²) in [6.07, 6.45) is 2.07. The molecular weight excluding hydrogens is 375 g/mol. The number of hydrogen-bond acceptors (Lipinski definition) is 3. The first-order valence-corrected chi connectivity index (χ1v) is 8.27. The molecule has 0 radical (unpaired) electrons. The van der Waals surface area contributed by atoms with Crippen LogP contribution in [0, 0.1) is 5.92 Å². The minimum atomic E-state index is -3.56. The molecule has 1 aliphatic rings. The van der Waals surface area contributed by atoms with Gasteiger partial charge in [0.25, 0.3) is 0 Å². The van der Waals surface area contributed by atoms with Crippen LogP contribution in [0.3, 0.4) is 0 Å². The SMILES string of the molecule is Cl.NCC(NS(=O)(=O)c1ccc(Cl)cc1Br)C1CC1. The third kappa shape index (κ3) is 4.31. The Hall–Kier alpha value is 0.150. The van der Waals surface area contributed by atoms with Gasteiger partial charge in [0.15, 0.2) is 0 Å². The first-order valence-electron chi connectivity index (χ1n) is 5.61. The van der Waals surface area contributed by atoms with E-state index < -0.39 is 10.0 Å². The molecule has 0 aromatic heterocycles. The lowest BCUT2D eigenvalue weighted by Gasteiger charge is -2.16. The number of sulfonamides is 1. The summed E-state index contributed by atoms with van der Waals surface area (Å²) in [7, 11) is -3.56. The number of hydrogen-bond donors (Lipinski definition) is 2. The zero-order chi connectivity index (χ0) is 13.3. The smallest absolute Gasteiger partial charge is 0.241 e. The average Bonchev–Trinajstić information content (AvgIpc) is 3.09. The van der Waals surface area contributed by atoms with Gasteiger partial charge in [0, 0.05) is 22.1 Å². The fraction of sp³-hybridized carbons (Fsp3) is 0.455. The molecule has 1 unspecified atom stereocenters. The van der Waals surface area contributed by atoms with Gasteiger partial charge in [-0.2, -0.15) is 0 Å². The third-order valence-corrected chi connectivity index (χ3v) is 5.64. The van der Waals surface area contributed by atoms with E-state index >= 15 is 0 Å². The first-order chi connectivity index (χ1) is 8.44. The Kier molecular flexibility index (Phi) is 6.10. The van der Waals surface area contributed by atoms with Gasteiger partial charge in [-0.25, -0.2) is 13.1 Å². The van der Waals surface area contributed by atoms with E-state index in [1.165, 1.54) is 6.07 Å². The van der Waals surface area contributed by atoms with Gasteiger partial charge in [-0.05, 0) is 52.9 Å². The van der Waals surface area contributed by atoms with Gasteiger partial charge in [0.2, 0.25) is 10.0 Å². The predicted octanol–water partition coefficient (Wildman–Crippen LogP) is 2.54. The van der Waals surface area contributed by atoms with E-state index in [0.717, 1.165) is 12.8 Å². The quantitative estimate of drug-likeness (QED) is 0.812. The van der Waals surface area contributed by atoms with Crippen LogP contribution in [0.15, 0.2) is 27.6 Å². The molecule has 19 heavy (non-hydrogen) atoms. The molecule has 3 N–H and O–H groups in total. The average molecular weight is 390 g/mol.